The van der Waals surface area contributed by atoms with Crippen LogP contribution in [0.15, 0.2) is 65.2 Å². The van der Waals surface area contributed by atoms with Crippen LogP contribution in [0, 0.1) is 6.92 Å². The molecular weight excluding hydrogens is 394 g/mol. The van der Waals surface area contributed by atoms with Crippen molar-refractivity contribution in [3.63, 3.8) is 0 Å². The van der Waals surface area contributed by atoms with Gasteiger partial charge in [0, 0.05) is 25.6 Å². The van der Waals surface area contributed by atoms with Crippen molar-refractivity contribution >= 4 is 11.8 Å². The number of benzene rings is 2. The van der Waals surface area contributed by atoms with Gasteiger partial charge >= 0.3 is 0 Å². The number of carbonyl (C=O) groups is 2. The van der Waals surface area contributed by atoms with Crippen molar-refractivity contribution in [3.8, 4) is 11.1 Å². The van der Waals surface area contributed by atoms with Crippen molar-refractivity contribution in [1.29, 1.82) is 0 Å². The smallest absolute Gasteiger partial charge is 0.243 e. The minimum absolute atomic E-state index is 0.0122. The maximum atomic E-state index is 12.8. The summed E-state index contributed by atoms with van der Waals surface area (Å²) >= 11 is 0. The number of nitrogens with one attached hydrogen (secondary N) is 1. The summed E-state index contributed by atoms with van der Waals surface area (Å²) in [4.78, 5) is 26.9. The average Bonchev–Trinajstić information content (AvgIpc) is 3.38. The van der Waals surface area contributed by atoms with Crippen molar-refractivity contribution in [2.75, 3.05) is 6.54 Å². The van der Waals surface area contributed by atoms with Crippen molar-refractivity contribution in [1.82, 2.24) is 15.4 Å². The van der Waals surface area contributed by atoms with E-state index in [1.807, 2.05) is 54.6 Å². The van der Waals surface area contributed by atoms with Crippen LogP contribution >= 0.6 is 0 Å². The van der Waals surface area contributed by atoms with E-state index in [9.17, 15) is 14.7 Å². The van der Waals surface area contributed by atoms with Gasteiger partial charge in [0.05, 0.1) is 18.2 Å². The predicted octanol–water partition coefficient (Wildman–Crippen LogP) is 2.47. The molecule has 2 aromatic carbocycles. The van der Waals surface area contributed by atoms with Gasteiger partial charge in [-0.05, 0) is 23.6 Å². The lowest BCUT2D eigenvalue weighted by Crippen LogP contribution is -2.46. The quantitative estimate of drug-likeness (QED) is 0.640. The van der Waals surface area contributed by atoms with Gasteiger partial charge in [-0.15, -0.1) is 0 Å². The Bertz CT molecular complexity index is 1050. The van der Waals surface area contributed by atoms with Crippen molar-refractivity contribution < 1.29 is 19.2 Å². The van der Waals surface area contributed by atoms with E-state index < -0.39 is 12.1 Å². The number of aliphatic hydroxyl groups is 1. The summed E-state index contributed by atoms with van der Waals surface area (Å²) in [5, 5.41) is 16.7. The number of aromatic nitrogens is 1. The molecule has 1 fully saturated rings. The molecule has 2 heterocycles. The first-order chi connectivity index (χ1) is 15.0. The van der Waals surface area contributed by atoms with Crippen molar-refractivity contribution in [2.45, 2.75) is 38.5 Å². The highest BCUT2D eigenvalue weighted by molar-refractivity contribution is 5.89. The lowest BCUT2D eigenvalue weighted by atomic mass is 10.0. The number of aryl methyl sites for hydroxylation is 1. The molecular formula is C24H25N3O4. The van der Waals surface area contributed by atoms with E-state index in [0.29, 0.717) is 18.0 Å². The first kappa shape index (κ1) is 20.8. The zero-order valence-corrected chi connectivity index (χ0v) is 17.3. The minimum atomic E-state index is -0.721. The summed E-state index contributed by atoms with van der Waals surface area (Å²) < 4.78 is 5.10. The van der Waals surface area contributed by atoms with Gasteiger partial charge in [-0.1, -0.05) is 59.8 Å². The number of carbonyl (C=O) groups excluding carboxylic acids is 2. The van der Waals surface area contributed by atoms with Crippen LogP contribution in [0.5, 0.6) is 0 Å². The van der Waals surface area contributed by atoms with Crippen LogP contribution in [0.1, 0.15) is 23.4 Å². The monoisotopic (exact) mass is 419 g/mol. The molecule has 1 aromatic heterocycles. The first-order valence-electron chi connectivity index (χ1n) is 10.3. The highest BCUT2D eigenvalue weighted by atomic mass is 16.5. The molecule has 2 N–H and O–H groups in total. The normalized spacial score (nSPS) is 18.2. The number of hydrogen-bond donors (Lipinski definition) is 2. The minimum Gasteiger partial charge on any atom is -0.391 e. The van der Waals surface area contributed by atoms with Crippen molar-refractivity contribution in [3.05, 3.63) is 77.7 Å². The fourth-order valence-electron chi connectivity index (χ4n) is 3.84. The molecule has 31 heavy (non-hydrogen) atoms. The molecule has 0 aliphatic carbocycles. The third-order valence-corrected chi connectivity index (χ3v) is 5.43. The number of rotatable bonds is 6. The Morgan fingerprint density at radius 1 is 1.13 bits per heavy atom. The standard InChI is InChI=1S/C24H25N3O4/c1-16-11-21(31-26-16)13-23(29)27-15-20(28)12-22(27)24(30)25-14-17-7-9-19(10-8-17)18-5-3-2-4-6-18/h2-11,20,22,28H,12-15H2,1H3,(H,25,30). The van der Waals surface area contributed by atoms with E-state index in [-0.39, 0.29) is 31.2 Å². The molecule has 2 atom stereocenters. The van der Waals surface area contributed by atoms with Gasteiger partial charge in [-0.25, -0.2) is 0 Å². The molecule has 1 saturated heterocycles. The maximum Gasteiger partial charge on any atom is 0.243 e. The van der Waals surface area contributed by atoms with Crippen LogP contribution < -0.4 is 5.32 Å². The second-order valence-electron chi connectivity index (χ2n) is 7.84. The van der Waals surface area contributed by atoms with E-state index in [4.69, 9.17) is 4.52 Å². The molecule has 4 rings (SSSR count). The SMILES string of the molecule is Cc1cc(CC(=O)N2CC(O)CC2C(=O)NCc2ccc(-c3ccccc3)cc2)on1. The molecule has 3 aromatic rings. The van der Waals surface area contributed by atoms with Gasteiger partial charge in [-0.3, -0.25) is 9.59 Å². The summed E-state index contributed by atoms with van der Waals surface area (Å²) in [6.45, 7) is 2.26. The van der Waals surface area contributed by atoms with Crippen LogP contribution in [0.25, 0.3) is 11.1 Å². The van der Waals surface area contributed by atoms with E-state index in [1.165, 1.54) is 4.90 Å². The molecule has 2 amide bonds. The Balaban J connectivity index is 1.36. The second kappa shape index (κ2) is 9.14. The fourth-order valence-corrected chi connectivity index (χ4v) is 3.84. The van der Waals surface area contributed by atoms with Crippen LogP contribution in [0.4, 0.5) is 0 Å². The molecule has 1 aliphatic heterocycles. The lowest BCUT2D eigenvalue weighted by Gasteiger charge is -2.23. The van der Waals surface area contributed by atoms with Gasteiger partial charge < -0.3 is 19.8 Å². The summed E-state index contributed by atoms with van der Waals surface area (Å²) in [6, 6.07) is 19.1. The third kappa shape index (κ3) is 5.00. The Hall–Kier alpha value is -3.45. The Morgan fingerprint density at radius 3 is 2.52 bits per heavy atom. The van der Waals surface area contributed by atoms with E-state index in [1.54, 1.807) is 13.0 Å². The van der Waals surface area contributed by atoms with E-state index in [2.05, 4.69) is 10.5 Å². The van der Waals surface area contributed by atoms with Crippen LogP contribution in [-0.2, 0) is 22.6 Å². The van der Waals surface area contributed by atoms with Crippen LogP contribution in [0.2, 0.25) is 0 Å². The van der Waals surface area contributed by atoms with Crippen LogP contribution in [-0.4, -0.2) is 45.7 Å². The van der Waals surface area contributed by atoms with E-state index in [0.717, 1.165) is 16.7 Å². The highest BCUT2D eigenvalue weighted by Gasteiger charge is 2.38. The summed E-state index contributed by atoms with van der Waals surface area (Å²) in [7, 11) is 0. The average molecular weight is 419 g/mol. The summed E-state index contributed by atoms with van der Waals surface area (Å²) in [6.07, 6.45) is -0.487. The van der Waals surface area contributed by atoms with Gasteiger partial charge in [0.1, 0.15) is 11.8 Å². The molecule has 0 spiro atoms. The fraction of sp³-hybridized carbons (Fsp3) is 0.292. The van der Waals surface area contributed by atoms with Crippen LogP contribution in [0.3, 0.4) is 0 Å². The molecule has 7 heteroatoms. The number of amides is 2. The molecule has 160 valence electrons. The number of nitrogens with zero attached hydrogens (tertiary/aromatic N) is 2. The maximum absolute atomic E-state index is 12.8. The van der Waals surface area contributed by atoms with E-state index >= 15 is 0 Å². The second-order valence-corrected chi connectivity index (χ2v) is 7.84. The predicted molar refractivity (Wildman–Crippen MR) is 115 cm³/mol. The van der Waals surface area contributed by atoms with Gasteiger partial charge in [0.25, 0.3) is 0 Å². The zero-order chi connectivity index (χ0) is 21.8. The third-order valence-electron chi connectivity index (χ3n) is 5.43. The number of likely N-dealkylation sites (tertiary alicyclic amines) is 1. The molecule has 0 radical (unpaired) electrons. The highest BCUT2D eigenvalue weighted by Crippen LogP contribution is 2.21. The molecule has 2 unspecified atom stereocenters. The first-order valence-corrected chi connectivity index (χ1v) is 10.3. The number of β-amino-alcohol motifs (C(OH)–C–C–N with tert-alkyl or cyclic N) is 1. The topological polar surface area (TPSA) is 95.7 Å². The Morgan fingerprint density at radius 2 is 1.84 bits per heavy atom. The lowest BCUT2D eigenvalue weighted by molar-refractivity contribution is -0.138. The molecule has 0 saturated carbocycles. The van der Waals surface area contributed by atoms with Gasteiger partial charge in [0.2, 0.25) is 11.8 Å². The molecule has 0 bridgehead atoms. The Labute approximate surface area is 180 Å². The van der Waals surface area contributed by atoms with Gasteiger partial charge in [-0.2, -0.15) is 0 Å². The number of hydrogen-bond acceptors (Lipinski definition) is 5. The molecule has 7 nitrogen and oxygen atoms in total. The summed E-state index contributed by atoms with van der Waals surface area (Å²) in [5.74, 6) is -0.0904. The number of aliphatic hydroxyl groups excluding tert-OH is 1. The van der Waals surface area contributed by atoms with Gasteiger partial charge in [0.15, 0.2) is 0 Å². The largest absolute Gasteiger partial charge is 0.391 e. The van der Waals surface area contributed by atoms with Crippen molar-refractivity contribution in [2.24, 2.45) is 0 Å². The summed E-state index contributed by atoms with van der Waals surface area (Å²) in [5.41, 5.74) is 3.89. The molecule has 1 aliphatic rings. The Kier molecular flexibility index (Phi) is 6.13. The zero-order valence-electron chi connectivity index (χ0n) is 17.3.